The Morgan fingerprint density at radius 2 is 1.71 bits per heavy atom. The third kappa shape index (κ3) is 5.86. The Morgan fingerprint density at radius 3 is 2.40 bits per heavy atom. The zero-order chi connectivity index (χ0) is 32.3. The van der Waals surface area contributed by atoms with Gasteiger partial charge in [-0.2, -0.15) is 18.2 Å². The Morgan fingerprint density at radius 1 is 1.00 bits per heavy atom. The van der Waals surface area contributed by atoms with Gasteiger partial charge in [-0.3, -0.25) is 4.79 Å². The number of ether oxygens (including phenoxy) is 1. The van der Waals surface area contributed by atoms with E-state index in [2.05, 4.69) is 14.7 Å². The van der Waals surface area contributed by atoms with E-state index in [0.29, 0.717) is 17.7 Å². The number of rotatable bonds is 3. The summed E-state index contributed by atoms with van der Waals surface area (Å²) in [4.78, 5) is 24.4. The zero-order valence-electron chi connectivity index (χ0n) is 25.0. The van der Waals surface area contributed by atoms with Crippen LogP contribution < -0.4 is 9.46 Å². The van der Waals surface area contributed by atoms with Gasteiger partial charge in [0.1, 0.15) is 6.10 Å². The standard InChI is InChI=1S/C33H31F3N4O4S/c1-18(2)13-27-30-25-12-11-23(33(34,35)36)14-22(25)17-40(27)31(41)21-9-6-10-24(15-21)45(42,43)39-32-37-26(16-28(38-32)44-30)29-19(3)7-5-8-20(29)4/h5-12,14-16,18,27,30H,13,17H2,1-4H3,(H,37,38,39)/t27-,30-/m1/s1. The summed E-state index contributed by atoms with van der Waals surface area (Å²) in [5, 5.41) is 0. The van der Waals surface area contributed by atoms with Crippen molar-refractivity contribution in [2.45, 2.75) is 63.9 Å². The molecular formula is C33H31F3N4O4S. The Labute approximate surface area is 259 Å². The molecule has 0 radical (unpaired) electrons. The molecule has 0 saturated carbocycles. The smallest absolute Gasteiger partial charge is 0.416 e. The first-order valence-corrected chi connectivity index (χ1v) is 16.0. The first-order chi connectivity index (χ1) is 21.2. The first-order valence-electron chi connectivity index (χ1n) is 14.5. The molecule has 6 bridgehead atoms. The third-order valence-electron chi connectivity index (χ3n) is 8.15. The van der Waals surface area contributed by atoms with Crippen molar-refractivity contribution in [1.29, 1.82) is 0 Å². The molecule has 1 amide bonds. The Hall–Kier alpha value is -4.45. The predicted molar refractivity (Wildman–Crippen MR) is 162 cm³/mol. The molecule has 0 spiro atoms. The molecule has 8 nitrogen and oxygen atoms in total. The van der Waals surface area contributed by atoms with Crippen molar-refractivity contribution in [3.63, 3.8) is 0 Å². The summed E-state index contributed by atoms with van der Waals surface area (Å²) in [5.41, 5.74) is 2.93. The fraction of sp³-hybridized carbons (Fsp3) is 0.303. The number of aryl methyl sites for hydroxylation is 2. The van der Waals surface area contributed by atoms with Crippen LogP contribution in [-0.4, -0.2) is 35.2 Å². The van der Waals surface area contributed by atoms with Gasteiger partial charge in [0, 0.05) is 23.7 Å². The summed E-state index contributed by atoms with van der Waals surface area (Å²) in [6.07, 6.45) is -5.06. The maximum absolute atomic E-state index is 14.1. The summed E-state index contributed by atoms with van der Waals surface area (Å²) >= 11 is 0. The van der Waals surface area contributed by atoms with Gasteiger partial charge in [0.15, 0.2) is 0 Å². The number of amides is 1. The number of hydrogen-bond donors (Lipinski definition) is 1. The summed E-state index contributed by atoms with van der Waals surface area (Å²) < 4.78 is 77.5. The van der Waals surface area contributed by atoms with Crippen molar-refractivity contribution in [3.8, 4) is 17.1 Å². The summed E-state index contributed by atoms with van der Waals surface area (Å²) in [5.74, 6) is -0.697. The molecule has 2 aliphatic heterocycles. The SMILES string of the molecule is Cc1cccc(C)c1-c1cc2nc(n1)NS(=O)(=O)c1cccc(c1)C(=O)N1Cc3cc(C(F)(F)F)ccc3[C@@H](O2)[C@H]1CC(C)C. The Bertz CT molecular complexity index is 1910. The lowest BCUT2D eigenvalue weighted by molar-refractivity contribution is -0.137. The van der Waals surface area contributed by atoms with Crippen LogP contribution in [0, 0.1) is 19.8 Å². The van der Waals surface area contributed by atoms with E-state index < -0.39 is 39.8 Å². The van der Waals surface area contributed by atoms with E-state index in [-0.39, 0.29) is 40.3 Å². The molecular weight excluding hydrogens is 605 g/mol. The van der Waals surface area contributed by atoms with E-state index >= 15 is 0 Å². The van der Waals surface area contributed by atoms with Crippen LogP contribution in [0.2, 0.25) is 0 Å². The van der Waals surface area contributed by atoms with E-state index in [9.17, 15) is 26.4 Å². The van der Waals surface area contributed by atoms with Crippen LogP contribution in [0.4, 0.5) is 19.1 Å². The minimum atomic E-state index is -4.59. The molecule has 0 fully saturated rings. The highest BCUT2D eigenvalue weighted by atomic mass is 32.2. The van der Waals surface area contributed by atoms with Gasteiger partial charge in [0.25, 0.3) is 15.9 Å². The van der Waals surface area contributed by atoms with Gasteiger partial charge in [-0.05, 0) is 78.8 Å². The number of fused-ring (bicyclic) bond motifs is 8. The van der Waals surface area contributed by atoms with Gasteiger partial charge in [-0.1, -0.05) is 44.2 Å². The number of aromatic nitrogens is 2. The number of carbonyl (C=O) groups is 1. The predicted octanol–water partition coefficient (Wildman–Crippen LogP) is 7.08. The van der Waals surface area contributed by atoms with Crippen LogP contribution >= 0.6 is 0 Å². The number of carbonyl (C=O) groups excluding carboxylic acids is 1. The number of benzene rings is 3. The number of sulfonamides is 1. The largest absolute Gasteiger partial charge is 0.467 e. The molecule has 12 heteroatoms. The van der Waals surface area contributed by atoms with Crippen LogP contribution in [0.25, 0.3) is 11.3 Å². The van der Waals surface area contributed by atoms with Crippen molar-refractivity contribution >= 4 is 21.9 Å². The van der Waals surface area contributed by atoms with Crippen molar-refractivity contribution in [1.82, 2.24) is 14.9 Å². The molecule has 0 unspecified atom stereocenters. The van der Waals surface area contributed by atoms with Crippen molar-refractivity contribution < 1.29 is 31.1 Å². The zero-order valence-corrected chi connectivity index (χ0v) is 25.8. The second-order valence-electron chi connectivity index (χ2n) is 11.9. The minimum Gasteiger partial charge on any atom is -0.467 e. The fourth-order valence-electron chi connectivity index (χ4n) is 6.12. The normalized spacial score (nSPS) is 19.0. The van der Waals surface area contributed by atoms with Gasteiger partial charge < -0.3 is 9.64 Å². The molecule has 4 aromatic rings. The molecule has 2 atom stereocenters. The van der Waals surface area contributed by atoms with Crippen molar-refractivity contribution in [2.75, 3.05) is 4.72 Å². The number of halogens is 3. The van der Waals surface area contributed by atoms with Gasteiger partial charge in [-0.25, -0.2) is 18.1 Å². The lowest BCUT2D eigenvalue weighted by atomic mass is 9.85. The molecule has 6 rings (SSSR count). The molecule has 3 aromatic carbocycles. The molecule has 3 heterocycles. The maximum atomic E-state index is 14.1. The van der Waals surface area contributed by atoms with Crippen molar-refractivity contribution in [2.24, 2.45) is 5.92 Å². The molecule has 2 aliphatic rings. The molecule has 0 aliphatic carbocycles. The van der Waals surface area contributed by atoms with Gasteiger partial charge in [-0.15, -0.1) is 0 Å². The number of nitrogens with one attached hydrogen (secondary N) is 1. The van der Waals surface area contributed by atoms with E-state index in [0.717, 1.165) is 28.8 Å². The lowest BCUT2D eigenvalue weighted by Crippen LogP contribution is -2.49. The van der Waals surface area contributed by atoms with E-state index in [1.807, 2.05) is 45.9 Å². The van der Waals surface area contributed by atoms with E-state index in [1.54, 1.807) is 6.07 Å². The summed E-state index contributed by atoms with van der Waals surface area (Å²) in [7, 11) is -4.26. The van der Waals surface area contributed by atoms with Crippen LogP contribution in [-0.2, 0) is 22.7 Å². The monoisotopic (exact) mass is 636 g/mol. The maximum Gasteiger partial charge on any atom is 0.416 e. The van der Waals surface area contributed by atoms with Gasteiger partial charge in [0.2, 0.25) is 11.8 Å². The minimum absolute atomic E-state index is 0.00483. The van der Waals surface area contributed by atoms with Crippen LogP contribution in [0.15, 0.2) is 71.6 Å². The highest BCUT2D eigenvalue weighted by Gasteiger charge is 2.42. The third-order valence-corrected chi connectivity index (χ3v) is 9.47. The van der Waals surface area contributed by atoms with Crippen LogP contribution in [0.3, 0.4) is 0 Å². The highest BCUT2D eigenvalue weighted by Crippen LogP contribution is 2.42. The number of anilines is 1. The summed E-state index contributed by atoms with van der Waals surface area (Å²) in [6, 6.07) is 15.7. The highest BCUT2D eigenvalue weighted by molar-refractivity contribution is 7.92. The van der Waals surface area contributed by atoms with Gasteiger partial charge in [0.05, 0.1) is 22.2 Å². The van der Waals surface area contributed by atoms with Gasteiger partial charge >= 0.3 is 6.18 Å². The number of nitrogens with zero attached hydrogens (tertiary/aromatic N) is 3. The molecule has 45 heavy (non-hydrogen) atoms. The van der Waals surface area contributed by atoms with E-state index in [4.69, 9.17) is 4.74 Å². The first kappa shape index (κ1) is 30.6. The average molecular weight is 637 g/mol. The second kappa shape index (κ2) is 11.2. The molecule has 234 valence electrons. The lowest BCUT2D eigenvalue weighted by Gasteiger charge is -2.43. The topological polar surface area (TPSA) is 101 Å². The van der Waals surface area contributed by atoms with Crippen LogP contribution in [0.5, 0.6) is 5.88 Å². The summed E-state index contributed by atoms with van der Waals surface area (Å²) in [6.45, 7) is 7.65. The number of hydrogen-bond acceptors (Lipinski definition) is 6. The van der Waals surface area contributed by atoms with Crippen molar-refractivity contribution in [3.05, 3.63) is 100 Å². The number of alkyl halides is 3. The van der Waals surface area contributed by atoms with E-state index in [1.165, 1.54) is 35.2 Å². The average Bonchev–Trinajstić information content (AvgIpc) is 2.96. The fourth-order valence-corrected chi connectivity index (χ4v) is 7.10. The molecule has 0 saturated heterocycles. The molecule has 1 aromatic heterocycles. The quantitative estimate of drug-likeness (QED) is 0.258. The molecule has 1 N–H and O–H groups in total. The van der Waals surface area contributed by atoms with Crippen LogP contribution in [0.1, 0.15) is 64.5 Å². The second-order valence-corrected chi connectivity index (χ2v) is 13.6. The Balaban J connectivity index is 1.63. The Kier molecular flexibility index (Phi) is 7.59.